The summed E-state index contributed by atoms with van der Waals surface area (Å²) in [6, 6.07) is 16.9. The molecule has 0 radical (unpaired) electrons. The summed E-state index contributed by atoms with van der Waals surface area (Å²) in [4.78, 5) is 4.48. The number of aliphatic hydroxyl groups excluding tert-OH is 1. The van der Waals surface area contributed by atoms with Crippen molar-refractivity contribution in [1.29, 1.82) is 0 Å². The zero-order valence-corrected chi connectivity index (χ0v) is 12.3. The van der Waals surface area contributed by atoms with Crippen molar-refractivity contribution in [2.75, 3.05) is 7.11 Å². The lowest BCUT2D eigenvalue weighted by atomic mass is 10.00. The van der Waals surface area contributed by atoms with E-state index in [0.717, 1.165) is 17.0 Å². The number of rotatable bonds is 5. The van der Waals surface area contributed by atoms with Gasteiger partial charge in [0.2, 0.25) is 0 Å². The molecule has 2 aromatic rings. The summed E-state index contributed by atoms with van der Waals surface area (Å²) in [6.45, 7) is 5.80. The molecule has 1 N–H and O–H groups in total. The zero-order chi connectivity index (χ0) is 15.2. The molecule has 2 rings (SSSR count). The van der Waals surface area contributed by atoms with Crippen LogP contribution >= 0.6 is 0 Å². The van der Waals surface area contributed by atoms with Crippen LogP contribution in [0.3, 0.4) is 0 Å². The summed E-state index contributed by atoms with van der Waals surface area (Å²) in [6.07, 6.45) is -0.742. The normalized spacial score (nSPS) is 12.8. The Bertz CT molecular complexity index is 630. The first-order chi connectivity index (χ1) is 10.1. The van der Waals surface area contributed by atoms with Gasteiger partial charge in [0.1, 0.15) is 11.9 Å². The van der Waals surface area contributed by atoms with Gasteiger partial charge in [0.05, 0.1) is 12.8 Å². The van der Waals surface area contributed by atoms with Gasteiger partial charge in [-0.3, -0.25) is 4.99 Å². The van der Waals surface area contributed by atoms with Crippen LogP contribution in [0.25, 0.3) is 0 Å². The quantitative estimate of drug-likeness (QED) is 0.839. The molecule has 3 nitrogen and oxygen atoms in total. The van der Waals surface area contributed by atoms with E-state index in [1.165, 1.54) is 0 Å². The second-order valence-electron chi connectivity index (χ2n) is 4.73. The van der Waals surface area contributed by atoms with Crippen LogP contribution in [0.1, 0.15) is 18.6 Å². The topological polar surface area (TPSA) is 41.8 Å². The summed E-state index contributed by atoms with van der Waals surface area (Å²) < 4.78 is 5.11. The van der Waals surface area contributed by atoms with Crippen molar-refractivity contribution in [2.45, 2.75) is 13.0 Å². The van der Waals surface area contributed by atoms with Gasteiger partial charge in [0, 0.05) is 5.71 Å². The highest BCUT2D eigenvalue weighted by Gasteiger charge is 2.13. The second-order valence-corrected chi connectivity index (χ2v) is 4.73. The maximum atomic E-state index is 10.3. The van der Waals surface area contributed by atoms with E-state index in [-0.39, 0.29) is 0 Å². The number of aliphatic hydroxyl groups is 1. The van der Waals surface area contributed by atoms with E-state index in [9.17, 15) is 5.11 Å². The Morgan fingerprint density at radius 3 is 2.29 bits per heavy atom. The lowest BCUT2D eigenvalue weighted by Crippen LogP contribution is -2.07. The minimum Gasteiger partial charge on any atom is -0.497 e. The van der Waals surface area contributed by atoms with Gasteiger partial charge in [-0.15, -0.1) is 0 Å². The van der Waals surface area contributed by atoms with Crippen LogP contribution in [0.5, 0.6) is 5.75 Å². The van der Waals surface area contributed by atoms with Gasteiger partial charge in [-0.25, -0.2) is 0 Å². The van der Waals surface area contributed by atoms with Crippen molar-refractivity contribution in [3.05, 3.63) is 72.3 Å². The van der Waals surface area contributed by atoms with E-state index < -0.39 is 6.10 Å². The first-order valence-corrected chi connectivity index (χ1v) is 6.73. The van der Waals surface area contributed by atoms with Crippen molar-refractivity contribution in [3.8, 4) is 5.75 Å². The Morgan fingerprint density at radius 2 is 1.71 bits per heavy atom. The fourth-order valence-electron chi connectivity index (χ4n) is 1.96. The van der Waals surface area contributed by atoms with Crippen LogP contribution in [0.15, 0.2) is 71.7 Å². The van der Waals surface area contributed by atoms with E-state index in [1.54, 1.807) is 7.11 Å². The molecule has 0 aromatic heterocycles. The fraction of sp³-hybridized carbons (Fsp3) is 0.167. The Balaban J connectivity index is 2.16. The number of hydrogen-bond acceptors (Lipinski definition) is 3. The minimum absolute atomic E-state index is 0.594. The van der Waals surface area contributed by atoms with Crippen LogP contribution < -0.4 is 4.74 Å². The summed E-state index contributed by atoms with van der Waals surface area (Å²) >= 11 is 0. The molecule has 0 unspecified atom stereocenters. The average Bonchev–Trinajstić information content (AvgIpc) is 2.55. The average molecular weight is 281 g/mol. The summed E-state index contributed by atoms with van der Waals surface area (Å²) in [5.41, 5.74) is 2.91. The summed E-state index contributed by atoms with van der Waals surface area (Å²) in [5.74, 6) is 0.787. The van der Waals surface area contributed by atoms with Crippen molar-refractivity contribution < 1.29 is 9.84 Å². The number of benzene rings is 2. The van der Waals surface area contributed by atoms with E-state index >= 15 is 0 Å². The van der Waals surface area contributed by atoms with Crippen LogP contribution in [0.2, 0.25) is 0 Å². The highest BCUT2D eigenvalue weighted by molar-refractivity contribution is 6.00. The SMILES string of the molecule is C=C(C(C)=Nc1ccc(OC)cc1)[C@H](O)c1ccccc1. The molecule has 21 heavy (non-hydrogen) atoms. The van der Waals surface area contributed by atoms with Gasteiger partial charge < -0.3 is 9.84 Å². The standard InChI is InChI=1S/C18H19NO2/c1-13(18(20)15-7-5-4-6-8-15)14(2)19-16-9-11-17(21-3)12-10-16/h4-12,18,20H,1H2,2-3H3/t18-/m0/s1. The van der Waals surface area contributed by atoms with Crippen LogP contribution in [0, 0.1) is 0 Å². The van der Waals surface area contributed by atoms with Crippen molar-refractivity contribution in [3.63, 3.8) is 0 Å². The minimum atomic E-state index is -0.742. The highest BCUT2D eigenvalue weighted by atomic mass is 16.5. The molecule has 0 heterocycles. The third kappa shape index (κ3) is 3.80. The van der Waals surface area contributed by atoms with Gasteiger partial charge in [-0.1, -0.05) is 36.9 Å². The first-order valence-electron chi connectivity index (χ1n) is 6.73. The van der Waals surface area contributed by atoms with Gasteiger partial charge in [-0.05, 0) is 42.3 Å². The van der Waals surface area contributed by atoms with E-state index in [0.29, 0.717) is 11.3 Å². The molecular formula is C18H19NO2. The number of aliphatic imine (C=N–C) groups is 1. The molecule has 0 amide bonds. The number of ether oxygens (including phenoxy) is 1. The van der Waals surface area contributed by atoms with E-state index in [4.69, 9.17) is 4.74 Å². The molecule has 108 valence electrons. The molecule has 0 aliphatic heterocycles. The molecule has 0 bridgehead atoms. The van der Waals surface area contributed by atoms with Crippen LogP contribution in [0.4, 0.5) is 5.69 Å². The maximum absolute atomic E-state index is 10.3. The van der Waals surface area contributed by atoms with Crippen LogP contribution in [-0.2, 0) is 0 Å². The molecule has 0 saturated heterocycles. The predicted molar refractivity (Wildman–Crippen MR) is 86.3 cm³/mol. The lowest BCUT2D eigenvalue weighted by Gasteiger charge is -2.14. The smallest absolute Gasteiger partial charge is 0.119 e. The Labute approximate surface area is 125 Å². The van der Waals surface area contributed by atoms with Crippen molar-refractivity contribution in [2.24, 2.45) is 4.99 Å². The third-order valence-electron chi connectivity index (χ3n) is 3.28. The molecule has 3 heteroatoms. The Morgan fingerprint density at radius 1 is 1.10 bits per heavy atom. The molecule has 0 aliphatic rings. The molecule has 0 aliphatic carbocycles. The zero-order valence-electron chi connectivity index (χ0n) is 12.3. The number of hydrogen-bond donors (Lipinski definition) is 1. The summed E-state index contributed by atoms with van der Waals surface area (Å²) in [5, 5.41) is 10.3. The van der Waals surface area contributed by atoms with Crippen molar-refractivity contribution in [1.82, 2.24) is 0 Å². The van der Waals surface area contributed by atoms with Gasteiger partial charge in [-0.2, -0.15) is 0 Å². The molecular weight excluding hydrogens is 262 g/mol. The lowest BCUT2D eigenvalue weighted by molar-refractivity contribution is 0.222. The first kappa shape index (κ1) is 15.0. The van der Waals surface area contributed by atoms with Gasteiger partial charge >= 0.3 is 0 Å². The molecule has 1 atom stereocenters. The van der Waals surface area contributed by atoms with Crippen molar-refractivity contribution >= 4 is 11.4 Å². The Kier molecular flexibility index (Phi) is 4.90. The van der Waals surface area contributed by atoms with Gasteiger partial charge in [0.25, 0.3) is 0 Å². The number of nitrogens with zero attached hydrogens (tertiary/aromatic N) is 1. The van der Waals surface area contributed by atoms with E-state index in [2.05, 4.69) is 11.6 Å². The van der Waals surface area contributed by atoms with Gasteiger partial charge in [0.15, 0.2) is 0 Å². The highest BCUT2D eigenvalue weighted by Crippen LogP contribution is 2.24. The molecule has 0 saturated carbocycles. The predicted octanol–water partition coefficient (Wildman–Crippen LogP) is 4.08. The molecule has 0 fully saturated rings. The molecule has 0 spiro atoms. The monoisotopic (exact) mass is 281 g/mol. The Hall–Kier alpha value is -2.39. The summed E-state index contributed by atoms with van der Waals surface area (Å²) in [7, 11) is 1.63. The second kappa shape index (κ2) is 6.86. The maximum Gasteiger partial charge on any atom is 0.119 e. The largest absolute Gasteiger partial charge is 0.497 e. The van der Waals surface area contributed by atoms with E-state index in [1.807, 2.05) is 61.5 Å². The number of methoxy groups -OCH3 is 1. The molecule has 2 aromatic carbocycles. The van der Waals surface area contributed by atoms with Crippen LogP contribution in [-0.4, -0.2) is 17.9 Å². The fourth-order valence-corrected chi connectivity index (χ4v) is 1.96. The third-order valence-corrected chi connectivity index (χ3v) is 3.28.